The van der Waals surface area contributed by atoms with E-state index >= 15 is 4.39 Å². The molecule has 2 aliphatic heterocycles. The lowest BCUT2D eigenvalue weighted by molar-refractivity contribution is -0.130. The quantitative estimate of drug-likeness (QED) is 0.218. The van der Waals surface area contributed by atoms with Gasteiger partial charge in [0.1, 0.15) is 23.5 Å². The molecule has 228 valence electrons. The molecule has 0 bridgehead atoms. The number of fused-ring (bicyclic) bond motifs is 3. The van der Waals surface area contributed by atoms with Crippen molar-refractivity contribution in [2.24, 2.45) is 0 Å². The van der Waals surface area contributed by atoms with Gasteiger partial charge in [0.15, 0.2) is 11.3 Å². The molecule has 9 nitrogen and oxygen atoms in total. The highest BCUT2D eigenvalue weighted by atomic mass is 35.5. The summed E-state index contributed by atoms with van der Waals surface area (Å²) in [6.45, 7) is 5.26. The number of benzene rings is 2. The third-order valence-corrected chi connectivity index (χ3v) is 9.26. The number of nitriles is 1. The fraction of sp³-hybridized carbons (Fsp3) is 0.387. The molecule has 2 aromatic carbocycles. The van der Waals surface area contributed by atoms with Crippen LogP contribution < -0.4 is 4.74 Å². The molecule has 4 heterocycles. The molecule has 0 saturated carbocycles. The van der Waals surface area contributed by atoms with Crippen LogP contribution in [-0.2, 0) is 4.79 Å². The van der Waals surface area contributed by atoms with Gasteiger partial charge in [-0.15, -0.1) is 5.10 Å². The van der Waals surface area contributed by atoms with Crippen LogP contribution in [0.25, 0.3) is 33.1 Å². The van der Waals surface area contributed by atoms with Crippen molar-refractivity contribution in [1.29, 1.82) is 5.26 Å². The Labute approximate surface area is 262 Å². The maximum Gasteiger partial charge on any atom is 0.246 e. The largest absolute Gasteiger partial charge is 0.474 e. The van der Waals surface area contributed by atoms with Gasteiger partial charge in [0.2, 0.25) is 11.8 Å². The summed E-state index contributed by atoms with van der Waals surface area (Å²) in [5.41, 5.74) is 1.15. The third kappa shape index (κ3) is 5.36. The summed E-state index contributed by atoms with van der Waals surface area (Å²) in [5.74, 6) is -1.46. The van der Waals surface area contributed by atoms with Gasteiger partial charge >= 0.3 is 0 Å². The van der Waals surface area contributed by atoms with E-state index in [1.165, 1.54) is 18.2 Å². The summed E-state index contributed by atoms with van der Waals surface area (Å²) in [6.07, 6.45) is 4.35. The van der Waals surface area contributed by atoms with Gasteiger partial charge in [0.25, 0.3) is 0 Å². The van der Waals surface area contributed by atoms with Gasteiger partial charge in [-0.1, -0.05) is 41.1 Å². The minimum atomic E-state index is -0.721. The second kappa shape index (κ2) is 12.3. The summed E-state index contributed by atoms with van der Waals surface area (Å²) in [7, 11) is 2.03. The molecule has 0 spiro atoms. The van der Waals surface area contributed by atoms with E-state index in [-0.39, 0.29) is 57.5 Å². The monoisotopic (exact) mass is 639 g/mol. The van der Waals surface area contributed by atoms with Crippen molar-refractivity contribution < 1.29 is 18.3 Å². The first-order valence-electron chi connectivity index (χ1n) is 14.4. The Bertz CT molecular complexity index is 1820. The van der Waals surface area contributed by atoms with E-state index in [0.717, 1.165) is 25.5 Å². The number of rotatable bonds is 7. The zero-order valence-electron chi connectivity index (χ0n) is 23.9. The van der Waals surface area contributed by atoms with Crippen LogP contribution in [0.3, 0.4) is 0 Å². The molecule has 2 saturated heterocycles. The molecule has 1 amide bonds. The molecule has 2 aromatic heterocycles. The Kier molecular flexibility index (Phi) is 8.42. The fourth-order valence-electron chi connectivity index (χ4n) is 6.34. The van der Waals surface area contributed by atoms with Crippen LogP contribution in [0.1, 0.15) is 38.1 Å². The average Bonchev–Trinajstić information content (AvgIpc) is 3.64. The predicted molar refractivity (Wildman–Crippen MR) is 164 cm³/mol. The van der Waals surface area contributed by atoms with Gasteiger partial charge < -0.3 is 14.5 Å². The first kappa shape index (κ1) is 30.2. The number of piperidine rings is 1. The van der Waals surface area contributed by atoms with E-state index < -0.39 is 11.6 Å². The van der Waals surface area contributed by atoms with Crippen LogP contribution in [0, 0.1) is 23.0 Å². The molecule has 44 heavy (non-hydrogen) atoms. The van der Waals surface area contributed by atoms with Crippen LogP contribution in [0.4, 0.5) is 8.78 Å². The van der Waals surface area contributed by atoms with Crippen molar-refractivity contribution in [2.75, 3.05) is 26.7 Å². The number of halogens is 4. The maximum atomic E-state index is 16.5. The zero-order chi connectivity index (χ0) is 31.1. The lowest BCUT2D eigenvalue weighted by atomic mass is 9.94. The standard InChI is InChI=1S/C31H29Cl2F2N7O2/c1-3-25(43)41-12-9-19(14-18(41)8-10-36)42-30-21-15-23(33)26(17-6-7-24(34)22(32)13-17)27(35)28(21)37-31(29(30)38-39-42)44-16-20-5-4-11-40(20)2/h3,6-7,13,15,18-20H,1,4-5,8-9,11-12,14,16H2,2H3/t18-,19+,20+/m1/s1. The third-order valence-electron chi connectivity index (χ3n) is 8.67. The summed E-state index contributed by atoms with van der Waals surface area (Å²) >= 11 is 12.7. The number of aromatic nitrogens is 4. The number of likely N-dealkylation sites (tertiary alicyclic amines) is 2. The molecular weight excluding hydrogens is 611 g/mol. The van der Waals surface area contributed by atoms with Crippen LogP contribution in [0.2, 0.25) is 10.0 Å². The van der Waals surface area contributed by atoms with E-state index in [4.69, 9.17) is 27.9 Å². The molecule has 3 atom stereocenters. The number of hydrogen-bond acceptors (Lipinski definition) is 7. The molecule has 0 aliphatic carbocycles. The smallest absolute Gasteiger partial charge is 0.246 e. The van der Waals surface area contributed by atoms with Crippen LogP contribution in [-0.4, -0.2) is 74.5 Å². The highest BCUT2D eigenvalue weighted by Crippen LogP contribution is 2.42. The summed E-state index contributed by atoms with van der Waals surface area (Å²) in [6, 6.07) is 7.19. The number of amides is 1. The van der Waals surface area contributed by atoms with E-state index in [1.807, 2.05) is 7.05 Å². The van der Waals surface area contributed by atoms with E-state index in [2.05, 4.69) is 32.8 Å². The molecule has 4 aromatic rings. The van der Waals surface area contributed by atoms with Gasteiger partial charge in [0, 0.05) is 29.6 Å². The van der Waals surface area contributed by atoms with Gasteiger partial charge in [-0.2, -0.15) is 5.26 Å². The number of carbonyl (C=O) groups is 1. The lowest BCUT2D eigenvalue weighted by Gasteiger charge is -2.38. The Balaban J connectivity index is 1.51. The van der Waals surface area contributed by atoms with E-state index in [1.54, 1.807) is 15.6 Å². The predicted octanol–water partition coefficient (Wildman–Crippen LogP) is 6.34. The van der Waals surface area contributed by atoms with Gasteiger partial charge in [-0.3, -0.25) is 4.79 Å². The second-order valence-electron chi connectivity index (χ2n) is 11.2. The molecule has 2 aliphatic rings. The second-order valence-corrected chi connectivity index (χ2v) is 12.1. The van der Waals surface area contributed by atoms with Crippen molar-refractivity contribution in [3.63, 3.8) is 0 Å². The SMILES string of the molecule is C=CC(=O)N1CC[C@H](n2nnc3c(OC[C@@H]4CCCN4C)nc4c(F)c(-c5ccc(F)c(Cl)c5)c(Cl)cc4c32)C[C@H]1CC#N. The van der Waals surface area contributed by atoms with Crippen molar-refractivity contribution >= 4 is 51.0 Å². The highest BCUT2D eigenvalue weighted by molar-refractivity contribution is 6.35. The van der Waals surface area contributed by atoms with Crippen molar-refractivity contribution in [3.8, 4) is 23.1 Å². The fourth-order valence-corrected chi connectivity index (χ4v) is 6.82. The first-order chi connectivity index (χ1) is 21.2. The van der Waals surface area contributed by atoms with Crippen molar-refractivity contribution in [2.45, 2.75) is 50.2 Å². The minimum absolute atomic E-state index is 0.0106. The highest BCUT2D eigenvalue weighted by Gasteiger charge is 2.34. The van der Waals surface area contributed by atoms with E-state index in [0.29, 0.717) is 48.0 Å². The van der Waals surface area contributed by atoms with Gasteiger partial charge in [-0.05, 0) is 69.1 Å². The van der Waals surface area contributed by atoms with Crippen LogP contribution in [0.15, 0.2) is 36.9 Å². The molecule has 2 fully saturated rings. The van der Waals surface area contributed by atoms with Gasteiger partial charge in [-0.25, -0.2) is 18.4 Å². The molecule has 0 radical (unpaired) electrons. The maximum absolute atomic E-state index is 16.5. The Morgan fingerprint density at radius 2 is 2.00 bits per heavy atom. The zero-order valence-corrected chi connectivity index (χ0v) is 25.5. The molecule has 0 N–H and O–H groups in total. The molecular formula is C31H29Cl2F2N7O2. The topological polar surface area (TPSA) is 100 Å². The number of carbonyl (C=O) groups excluding carboxylic acids is 1. The average molecular weight is 641 g/mol. The Hall–Kier alpha value is -3.85. The lowest BCUT2D eigenvalue weighted by Crippen LogP contribution is -2.45. The number of likely N-dealkylation sites (N-methyl/N-ethyl adjacent to an activating group) is 1. The van der Waals surface area contributed by atoms with Gasteiger partial charge in [0.05, 0.1) is 28.6 Å². The van der Waals surface area contributed by atoms with Crippen LogP contribution >= 0.6 is 23.2 Å². The normalized spacial score (nSPS) is 20.7. The van der Waals surface area contributed by atoms with Crippen molar-refractivity contribution in [1.82, 2.24) is 29.8 Å². The number of pyridine rings is 1. The van der Waals surface area contributed by atoms with Crippen molar-refractivity contribution in [3.05, 3.63) is 58.6 Å². The Morgan fingerprint density at radius 1 is 1.18 bits per heavy atom. The molecule has 13 heteroatoms. The minimum Gasteiger partial charge on any atom is -0.474 e. The molecule has 0 unspecified atom stereocenters. The first-order valence-corrected chi connectivity index (χ1v) is 15.1. The molecule has 6 rings (SSSR count). The summed E-state index contributed by atoms with van der Waals surface area (Å²) in [5, 5.41) is 18.7. The van der Waals surface area contributed by atoms with E-state index in [9.17, 15) is 14.4 Å². The Morgan fingerprint density at radius 3 is 2.70 bits per heavy atom. The number of nitrogens with zero attached hydrogens (tertiary/aromatic N) is 7. The summed E-state index contributed by atoms with van der Waals surface area (Å²) in [4.78, 5) is 21.0. The summed E-state index contributed by atoms with van der Waals surface area (Å²) < 4.78 is 38.4. The number of ether oxygens (including phenoxy) is 1. The number of hydrogen-bond donors (Lipinski definition) is 0. The van der Waals surface area contributed by atoms with Crippen LogP contribution in [0.5, 0.6) is 5.88 Å².